The summed E-state index contributed by atoms with van der Waals surface area (Å²) in [4.78, 5) is 12.3. The number of amides is 1. The van der Waals surface area contributed by atoms with Gasteiger partial charge in [-0.25, -0.2) is 0 Å². The van der Waals surface area contributed by atoms with E-state index in [1.54, 1.807) is 12.1 Å². The summed E-state index contributed by atoms with van der Waals surface area (Å²) in [5.74, 6) is -0.454. The van der Waals surface area contributed by atoms with Crippen molar-refractivity contribution in [2.45, 2.75) is 19.5 Å². The molecule has 0 fully saturated rings. The first-order valence-electron chi connectivity index (χ1n) is 8.15. The number of furan rings is 1. The molecule has 0 saturated carbocycles. The van der Waals surface area contributed by atoms with Crippen molar-refractivity contribution < 1.29 is 22.4 Å². The molecule has 0 aliphatic rings. The van der Waals surface area contributed by atoms with E-state index in [-0.39, 0.29) is 22.1 Å². The number of benzene rings is 2. The number of carbonyl (C=O) groups excluding carboxylic acids is 1. The maximum Gasteiger partial charge on any atom is 0.416 e. The summed E-state index contributed by atoms with van der Waals surface area (Å²) in [5.41, 5.74) is 0.942. The predicted molar refractivity (Wildman–Crippen MR) is 97.9 cm³/mol. The highest BCUT2D eigenvalue weighted by molar-refractivity contribution is 6.33. The number of anilines is 1. The van der Waals surface area contributed by atoms with Gasteiger partial charge in [-0.3, -0.25) is 4.79 Å². The molecule has 7 heteroatoms. The fraction of sp³-hybridized carbons (Fsp3) is 0.150. The Labute approximate surface area is 158 Å². The van der Waals surface area contributed by atoms with Gasteiger partial charge in [0.15, 0.2) is 5.76 Å². The van der Waals surface area contributed by atoms with E-state index in [2.05, 4.69) is 5.32 Å². The van der Waals surface area contributed by atoms with Crippen LogP contribution in [0, 0.1) is 0 Å². The van der Waals surface area contributed by atoms with Gasteiger partial charge in [0, 0.05) is 11.3 Å². The molecule has 3 rings (SSSR count). The molecular weight excluding hydrogens is 379 g/mol. The first kappa shape index (κ1) is 19.0. The van der Waals surface area contributed by atoms with Crippen LogP contribution in [0.2, 0.25) is 5.02 Å². The van der Waals surface area contributed by atoms with Crippen molar-refractivity contribution in [3.8, 4) is 11.3 Å². The van der Waals surface area contributed by atoms with Crippen LogP contribution >= 0.6 is 11.6 Å². The van der Waals surface area contributed by atoms with Crippen molar-refractivity contribution in [2.24, 2.45) is 0 Å². The number of hydrogen-bond donors (Lipinski definition) is 1. The molecule has 0 radical (unpaired) electrons. The third kappa shape index (κ3) is 4.34. The van der Waals surface area contributed by atoms with Crippen LogP contribution in [0.1, 0.15) is 28.6 Å². The molecule has 0 aliphatic heterocycles. The molecule has 1 N–H and O–H groups in total. The zero-order valence-electron chi connectivity index (χ0n) is 14.2. The van der Waals surface area contributed by atoms with Crippen molar-refractivity contribution in [3.63, 3.8) is 0 Å². The van der Waals surface area contributed by atoms with E-state index in [1.807, 2.05) is 19.1 Å². The normalized spacial score (nSPS) is 11.4. The van der Waals surface area contributed by atoms with Crippen LogP contribution in [0.25, 0.3) is 11.3 Å². The summed E-state index contributed by atoms with van der Waals surface area (Å²) >= 11 is 6.00. The molecule has 140 valence electrons. The number of halogens is 4. The van der Waals surface area contributed by atoms with Gasteiger partial charge < -0.3 is 9.73 Å². The Hall–Kier alpha value is -2.73. The largest absolute Gasteiger partial charge is 0.451 e. The first-order valence-corrected chi connectivity index (χ1v) is 8.53. The van der Waals surface area contributed by atoms with Gasteiger partial charge in [0.05, 0.1) is 10.6 Å². The second kappa shape index (κ2) is 7.48. The maximum absolute atomic E-state index is 12.9. The summed E-state index contributed by atoms with van der Waals surface area (Å²) in [6.07, 6.45) is -3.62. The third-order valence-electron chi connectivity index (χ3n) is 4.01. The summed E-state index contributed by atoms with van der Waals surface area (Å²) in [7, 11) is 0. The average molecular weight is 394 g/mol. The maximum atomic E-state index is 12.9. The monoisotopic (exact) mass is 393 g/mol. The first-order chi connectivity index (χ1) is 12.8. The molecule has 1 amide bonds. The van der Waals surface area contributed by atoms with E-state index in [9.17, 15) is 18.0 Å². The highest BCUT2D eigenvalue weighted by Gasteiger charge is 2.31. The zero-order chi connectivity index (χ0) is 19.6. The van der Waals surface area contributed by atoms with Gasteiger partial charge in [0.2, 0.25) is 0 Å². The molecule has 3 aromatic rings. The lowest BCUT2D eigenvalue weighted by Crippen LogP contribution is -2.10. The molecule has 1 aromatic heterocycles. The molecular formula is C20H15ClF3NO2. The molecule has 2 aromatic carbocycles. The van der Waals surface area contributed by atoms with E-state index >= 15 is 0 Å². The van der Waals surface area contributed by atoms with Crippen LogP contribution in [0.5, 0.6) is 0 Å². The third-order valence-corrected chi connectivity index (χ3v) is 4.34. The summed E-state index contributed by atoms with van der Waals surface area (Å²) in [6, 6.07) is 13.1. The van der Waals surface area contributed by atoms with E-state index in [1.165, 1.54) is 12.1 Å². The molecule has 0 aliphatic carbocycles. The van der Waals surface area contributed by atoms with Gasteiger partial charge in [0.25, 0.3) is 5.91 Å². The molecule has 27 heavy (non-hydrogen) atoms. The van der Waals surface area contributed by atoms with Gasteiger partial charge in [-0.2, -0.15) is 13.2 Å². The summed E-state index contributed by atoms with van der Waals surface area (Å²) in [5, 5.41) is 2.78. The van der Waals surface area contributed by atoms with Gasteiger partial charge in [-0.05, 0) is 54.4 Å². The summed E-state index contributed by atoms with van der Waals surface area (Å²) in [6.45, 7) is 2.02. The van der Waals surface area contributed by atoms with Crippen LogP contribution in [0.15, 0.2) is 59.0 Å². The van der Waals surface area contributed by atoms with Gasteiger partial charge >= 0.3 is 6.18 Å². The van der Waals surface area contributed by atoms with Crippen molar-refractivity contribution >= 4 is 23.2 Å². The Balaban J connectivity index is 1.83. The number of hydrogen-bond acceptors (Lipinski definition) is 2. The minimum Gasteiger partial charge on any atom is -0.451 e. The van der Waals surface area contributed by atoms with Crippen LogP contribution in [-0.4, -0.2) is 5.91 Å². The zero-order valence-corrected chi connectivity index (χ0v) is 15.0. The lowest BCUT2D eigenvalue weighted by atomic mass is 10.1. The van der Waals surface area contributed by atoms with Crippen LogP contribution < -0.4 is 5.32 Å². The Morgan fingerprint density at radius 1 is 1.07 bits per heavy atom. The van der Waals surface area contributed by atoms with Gasteiger partial charge in [-0.15, -0.1) is 0 Å². The Kier molecular flexibility index (Phi) is 5.28. The molecule has 0 saturated heterocycles. The molecule has 3 nitrogen and oxygen atoms in total. The standard InChI is InChI=1S/C20H15ClF3NO2/c1-2-12-3-6-14(7-4-12)25-19(26)18-10-9-17(27-18)15-11-13(20(22,23)24)5-8-16(15)21/h3-11H,2H2,1H3,(H,25,26). The van der Waals surface area contributed by atoms with Crippen LogP contribution in [-0.2, 0) is 12.6 Å². The fourth-order valence-corrected chi connectivity index (χ4v) is 2.72. The number of alkyl halides is 3. The molecule has 0 unspecified atom stereocenters. The van der Waals surface area contributed by atoms with Gasteiger partial charge in [0.1, 0.15) is 5.76 Å². The quantitative estimate of drug-likeness (QED) is 0.554. The smallest absolute Gasteiger partial charge is 0.416 e. The Morgan fingerprint density at radius 3 is 2.41 bits per heavy atom. The second-order valence-corrected chi connectivity index (χ2v) is 6.27. The molecule has 0 bridgehead atoms. The Bertz CT molecular complexity index is 962. The topological polar surface area (TPSA) is 42.2 Å². The second-order valence-electron chi connectivity index (χ2n) is 5.86. The van der Waals surface area contributed by atoms with Crippen molar-refractivity contribution in [1.82, 2.24) is 0 Å². The lowest BCUT2D eigenvalue weighted by Gasteiger charge is -2.09. The predicted octanol–water partition coefficient (Wildman–Crippen LogP) is 6.43. The highest BCUT2D eigenvalue weighted by Crippen LogP contribution is 2.36. The van der Waals surface area contributed by atoms with E-state index in [0.29, 0.717) is 5.69 Å². The van der Waals surface area contributed by atoms with Crippen molar-refractivity contribution in [3.05, 3.63) is 76.5 Å². The SMILES string of the molecule is CCc1ccc(NC(=O)c2ccc(-c3cc(C(F)(F)F)ccc3Cl)o2)cc1. The number of rotatable bonds is 4. The summed E-state index contributed by atoms with van der Waals surface area (Å²) < 4.78 is 44.2. The molecule has 0 atom stereocenters. The average Bonchev–Trinajstić information content (AvgIpc) is 3.12. The van der Waals surface area contributed by atoms with Gasteiger partial charge in [-0.1, -0.05) is 30.7 Å². The highest BCUT2D eigenvalue weighted by atomic mass is 35.5. The number of carbonyl (C=O) groups is 1. The minimum absolute atomic E-state index is 0.0296. The number of nitrogens with one attached hydrogen (secondary N) is 1. The minimum atomic E-state index is -4.50. The van der Waals surface area contributed by atoms with Crippen molar-refractivity contribution in [2.75, 3.05) is 5.32 Å². The fourth-order valence-electron chi connectivity index (χ4n) is 2.51. The Morgan fingerprint density at radius 2 is 1.78 bits per heavy atom. The number of aryl methyl sites for hydroxylation is 1. The van der Waals surface area contributed by atoms with Crippen LogP contribution in [0.4, 0.5) is 18.9 Å². The van der Waals surface area contributed by atoms with E-state index in [0.717, 1.165) is 30.2 Å². The lowest BCUT2D eigenvalue weighted by molar-refractivity contribution is -0.137. The van der Waals surface area contributed by atoms with E-state index < -0.39 is 17.6 Å². The molecule has 0 spiro atoms. The van der Waals surface area contributed by atoms with Crippen LogP contribution in [0.3, 0.4) is 0 Å². The van der Waals surface area contributed by atoms with Crippen molar-refractivity contribution in [1.29, 1.82) is 0 Å². The van der Waals surface area contributed by atoms with E-state index in [4.69, 9.17) is 16.0 Å². The molecule has 1 heterocycles.